The Kier molecular flexibility index (Phi) is 4.09. The number of rotatable bonds is 5. The van der Waals surface area contributed by atoms with E-state index in [1.165, 1.54) is 0 Å². The topological polar surface area (TPSA) is 47.0 Å². The minimum Gasteiger partial charge on any atom is -0.473 e. The maximum atomic E-state index is 5.46. The number of aromatic nitrogens is 2. The highest BCUT2D eigenvalue weighted by molar-refractivity contribution is 5.48. The molecule has 0 saturated carbocycles. The summed E-state index contributed by atoms with van der Waals surface area (Å²) in [5, 5.41) is 3.03. The van der Waals surface area contributed by atoms with E-state index in [0.717, 1.165) is 23.6 Å². The third-order valence-electron chi connectivity index (χ3n) is 2.04. The molecule has 0 bridgehead atoms. The zero-order valence-electron chi connectivity index (χ0n) is 9.50. The van der Waals surface area contributed by atoms with Gasteiger partial charge in [0.25, 0.3) is 0 Å². The Morgan fingerprint density at radius 2 is 2.20 bits per heavy atom. The van der Waals surface area contributed by atoms with Crippen molar-refractivity contribution in [1.82, 2.24) is 9.97 Å². The van der Waals surface area contributed by atoms with Gasteiger partial charge in [-0.2, -0.15) is 4.98 Å². The van der Waals surface area contributed by atoms with Gasteiger partial charge in [-0.1, -0.05) is 19.6 Å². The zero-order valence-corrected chi connectivity index (χ0v) is 9.50. The summed E-state index contributed by atoms with van der Waals surface area (Å²) in [5.74, 6) is 2.23. The number of hydrogen-bond donors (Lipinski definition) is 1. The predicted octanol–water partition coefficient (Wildman–Crippen LogP) is 1.95. The Labute approximate surface area is 90.4 Å². The fourth-order valence-corrected chi connectivity index (χ4v) is 1.22. The first-order chi connectivity index (χ1) is 7.22. The third-order valence-corrected chi connectivity index (χ3v) is 2.04. The standard InChI is InChI=1S/C11H17N3O/c1-5-7-15-11-8(3)10(12-4)13-9(6-2)14-11/h5H,1,6-7H2,2-4H3,(H,12,13,14). The van der Waals surface area contributed by atoms with Crippen LogP contribution in [0.3, 0.4) is 0 Å². The second-order valence-electron chi connectivity index (χ2n) is 3.12. The molecule has 0 fully saturated rings. The second kappa shape index (κ2) is 5.34. The Bertz CT molecular complexity index is 350. The molecule has 0 aliphatic rings. The van der Waals surface area contributed by atoms with E-state index in [-0.39, 0.29) is 0 Å². The number of hydrogen-bond acceptors (Lipinski definition) is 4. The Morgan fingerprint density at radius 3 is 2.73 bits per heavy atom. The van der Waals surface area contributed by atoms with Crippen molar-refractivity contribution in [3.05, 3.63) is 24.0 Å². The Morgan fingerprint density at radius 1 is 1.47 bits per heavy atom. The molecule has 15 heavy (non-hydrogen) atoms. The average molecular weight is 207 g/mol. The number of nitrogens with zero attached hydrogens (tertiary/aromatic N) is 2. The van der Waals surface area contributed by atoms with E-state index in [1.807, 2.05) is 20.9 Å². The summed E-state index contributed by atoms with van der Waals surface area (Å²) in [5.41, 5.74) is 0.927. The fourth-order valence-electron chi connectivity index (χ4n) is 1.22. The quantitative estimate of drug-likeness (QED) is 0.750. The molecule has 1 N–H and O–H groups in total. The molecule has 0 atom stereocenters. The normalized spacial score (nSPS) is 9.80. The van der Waals surface area contributed by atoms with E-state index in [2.05, 4.69) is 21.9 Å². The van der Waals surface area contributed by atoms with Crippen LogP contribution in [0.4, 0.5) is 5.82 Å². The molecule has 1 aromatic heterocycles. The van der Waals surface area contributed by atoms with Crippen LogP contribution in [0.15, 0.2) is 12.7 Å². The largest absolute Gasteiger partial charge is 0.473 e. The smallest absolute Gasteiger partial charge is 0.222 e. The van der Waals surface area contributed by atoms with Crippen molar-refractivity contribution in [2.24, 2.45) is 0 Å². The van der Waals surface area contributed by atoms with Crippen molar-refractivity contribution in [2.45, 2.75) is 20.3 Å². The van der Waals surface area contributed by atoms with Crippen LogP contribution in [0.1, 0.15) is 18.3 Å². The third kappa shape index (κ3) is 2.68. The zero-order chi connectivity index (χ0) is 11.3. The van der Waals surface area contributed by atoms with Gasteiger partial charge in [-0.05, 0) is 6.92 Å². The summed E-state index contributed by atoms with van der Waals surface area (Å²) in [4.78, 5) is 8.67. The first-order valence-electron chi connectivity index (χ1n) is 5.01. The molecule has 4 nitrogen and oxygen atoms in total. The molecule has 0 aliphatic heterocycles. The lowest BCUT2D eigenvalue weighted by Crippen LogP contribution is -2.06. The van der Waals surface area contributed by atoms with E-state index in [4.69, 9.17) is 4.74 Å². The molecule has 0 aromatic carbocycles. The number of ether oxygens (including phenoxy) is 1. The van der Waals surface area contributed by atoms with E-state index in [9.17, 15) is 0 Å². The lowest BCUT2D eigenvalue weighted by Gasteiger charge is -2.11. The van der Waals surface area contributed by atoms with Crippen molar-refractivity contribution in [1.29, 1.82) is 0 Å². The van der Waals surface area contributed by atoms with Crippen molar-refractivity contribution in [3.63, 3.8) is 0 Å². The highest BCUT2D eigenvalue weighted by Gasteiger charge is 2.09. The lowest BCUT2D eigenvalue weighted by molar-refractivity contribution is 0.344. The van der Waals surface area contributed by atoms with Crippen molar-refractivity contribution in [3.8, 4) is 5.88 Å². The molecule has 1 aromatic rings. The SMILES string of the molecule is C=CCOc1nc(CC)nc(NC)c1C. The van der Waals surface area contributed by atoms with E-state index < -0.39 is 0 Å². The molecule has 82 valence electrons. The fraction of sp³-hybridized carbons (Fsp3) is 0.455. The van der Waals surface area contributed by atoms with E-state index in [1.54, 1.807) is 6.08 Å². The first-order valence-corrected chi connectivity index (χ1v) is 5.01. The summed E-state index contributed by atoms with van der Waals surface area (Å²) < 4.78 is 5.46. The van der Waals surface area contributed by atoms with Crippen molar-refractivity contribution >= 4 is 5.82 Å². The van der Waals surface area contributed by atoms with Gasteiger partial charge in [-0.25, -0.2) is 4.98 Å². The number of nitrogens with one attached hydrogen (secondary N) is 1. The molecule has 0 aliphatic carbocycles. The maximum Gasteiger partial charge on any atom is 0.222 e. The molecule has 0 amide bonds. The van der Waals surface area contributed by atoms with Gasteiger partial charge >= 0.3 is 0 Å². The van der Waals surface area contributed by atoms with Gasteiger partial charge in [-0.3, -0.25) is 0 Å². The summed E-state index contributed by atoms with van der Waals surface area (Å²) in [6.45, 7) is 8.02. The van der Waals surface area contributed by atoms with Crippen LogP contribution >= 0.6 is 0 Å². The van der Waals surface area contributed by atoms with Gasteiger partial charge in [-0.15, -0.1) is 0 Å². The number of aryl methyl sites for hydroxylation is 1. The van der Waals surface area contributed by atoms with Gasteiger partial charge in [0.2, 0.25) is 5.88 Å². The highest BCUT2D eigenvalue weighted by Crippen LogP contribution is 2.21. The molecule has 0 unspecified atom stereocenters. The highest BCUT2D eigenvalue weighted by atomic mass is 16.5. The Hall–Kier alpha value is -1.58. The first kappa shape index (κ1) is 11.5. The summed E-state index contributed by atoms with van der Waals surface area (Å²) >= 11 is 0. The molecule has 0 spiro atoms. The minimum atomic E-state index is 0.462. The van der Waals surface area contributed by atoms with Gasteiger partial charge in [0.1, 0.15) is 18.2 Å². The molecule has 0 radical (unpaired) electrons. The lowest BCUT2D eigenvalue weighted by atomic mass is 10.3. The van der Waals surface area contributed by atoms with Crippen LogP contribution in [-0.4, -0.2) is 23.6 Å². The average Bonchev–Trinajstić information content (AvgIpc) is 2.27. The molecule has 1 heterocycles. The Balaban J connectivity index is 3.05. The van der Waals surface area contributed by atoms with Crippen LogP contribution < -0.4 is 10.1 Å². The molecule has 0 saturated heterocycles. The molecular weight excluding hydrogens is 190 g/mol. The monoisotopic (exact) mass is 207 g/mol. The van der Waals surface area contributed by atoms with Gasteiger partial charge in [0.05, 0.1) is 5.56 Å². The van der Waals surface area contributed by atoms with Gasteiger partial charge in [0, 0.05) is 13.5 Å². The van der Waals surface area contributed by atoms with Crippen LogP contribution in [0.5, 0.6) is 5.88 Å². The van der Waals surface area contributed by atoms with Crippen LogP contribution in [0, 0.1) is 6.92 Å². The predicted molar refractivity (Wildman–Crippen MR) is 61.4 cm³/mol. The summed E-state index contributed by atoms with van der Waals surface area (Å²) in [6, 6.07) is 0. The van der Waals surface area contributed by atoms with Gasteiger partial charge < -0.3 is 10.1 Å². The van der Waals surface area contributed by atoms with E-state index >= 15 is 0 Å². The molecule has 4 heteroatoms. The number of anilines is 1. The second-order valence-corrected chi connectivity index (χ2v) is 3.12. The summed E-state index contributed by atoms with van der Waals surface area (Å²) in [6.07, 6.45) is 2.49. The van der Waals surface area contributed by atoms with Crippen molar-refractivity contribution < 1.29 is 4.74 Å². The van der Waals surface area contributed by atoms with Crippen molar-refractivity contribution in [2.75, 3.05) is 19.0 Å². The van der Waals surface area contributed by atoms with E-state index in [0.29, 0.717) is 12.5 Å². The molecular formula is C11H17N3O. The molecule has 1 rings (SSSR count). The minimum absolute atomic E-state index is 0.462. The maximum absolute atomic E-state index is 5.46. The van der Waals surface area contributed by atoms with Gasteiger partial charge in [0.15, 0.2) is 0 Å². The van der Waals surface area contributed by atoms with Crippen LogP contribution in [-0.2, 0) is 6.42 Å². The van der Waals surface area contributed by atoms with Crippen LogP contribution in [0.25, 0.3) is 0 Å². The van der Waals surface area contributed by atoms with Crippen LogP contribution in [0.2, 0.25) is 0 Å². The summed E-state index contributed by atoms with van der Waals surface area (Å²) in [7, 11) is 1.84.